The third-order valence-electron chi connectivity index (χ3n) is 3.77. The molecule has 3 aromatic rings. The normalized spacial score (nSPS) is 12.5. The van der Waals surface area contributed by atoms with E-state index in [1.165, 1.54) is 25.6 Å². The molecule has 2 nitrogen and oxygen atoms in total. The number of nitrogens with zero attached hydrogens (tertiary/aromatic N) is 1. The zero-order valence-corrected chi connectivity index (χ0v) is 14.3. The van der Waals surface area contributed by atoms with Crippen LogP contribution in [0.3, 0.4) is 0 Å². The standard InChI is InChI=1S/C18H17IN2/c1-12-6-5-8-15(17(12)19)18(20-2)14-10-13-7-3-4-9-16(13)21-11-14/h3-11,18,20H,1-2H3. The van der Waals surface area contributed by atoms with Gasteiger partial charge in [0.1, 0.15) is 0 Å². The molecule has 106 valence electrons. The fourth-order valence-electron chi connectivity index (χ4n) is 2.64. The molecule has 0 aliphatic carbocycles. The van der Waals surface area contributed by atoms with Crippen molar-refractivity contribution in [2.24, 2.45) is 0 Å². The molecule has 1 aromatic heterocycles. The SMILES string of the molecule is CNC(c1cnc2ccccc2c1)c1cccc(C)c1I. The largest absolute Gasteiger partial charge is 0.309 e. The topological polar surface area (TPSA) is 24.9 Å². The summed E-state index contributed by atoms with van der Waals surface area (Å²) in [6.45, 7) is 2.15. The molecule has 0 fully saturated rings. The number of aryl methyl sites for hydroxylation is 1. The molecule has 21 heavy (non-hydrogen) atoms. The number of para-hydroxylation sites is 1. The minimum Gasteiger partial charge on any atom is -0.309 e. The van der Waals surface area contributed by atoms with Crippen molar-refractivity contribution in [2.75, 3.05) is 7.05 Å². The molecule has 1 unspecified atom stereocenters. The maximum Gasteiger partial charge on any atom is 0.0702 e. The number of hydrogen-bond acceptors (Lipinski definition) is 2. The van der Waals surface area contributed by atoms with Gasteiger partial charge in [-0.1, -0.05) is 36.4 Å². The highest BCUT2D eigenvalue weighted by Gasteiger charge is 2.16. The van der Waals surface area contributed by atoms with E-state index >= 15 is 0 Å². The molecule has 0 radical (unpaired) electrons. The van der Waals surface area contributed by atoms with Crippen LogP contribution in [0.25, 0.3) is 10.9 Å². The second kappa shape index (κ2) is 6.12. The Bertz CT molecular complexity index is 783. The van der Waals surface area contributed by atoms with Gasteiger partial charge in [0.15, 0.2) is 0 Å². The fourth-order valence-corrected chi connectivity index (χ4v) is 3.31. The molecule has 1 atom stereocenters. The van der Waals surface area contributed by atoms with Gasteiger partial charge in [0.2, 0.25) is 0 Å². The van der Waals surface area contributed by atoms with Gasteiger partial charge in [-0.05, 0) is 65.4 Å². The average Bonchev–Trinajstić information content (AvgIpc) is 2.52. The van der Waals surface area contributed by atoms with Gasteiger partial charge in [-0.15, -0.1) is 0 Å². The Balaban J connectivity index is 2.11. The van der Waals surface area contributed by atoms with Crippen molar-refractivity contribution in [1.29, 1.82) is 0 Å². The molecular formula is C18H17IN2. The van der Waals surface area contributed by atoms with Gasteiger partial charge in [0, 0.05) is 15.2 Å². The molecule has 3 heteroatoms. The second-order valence-corrected chi connectivity index (χ2v) is 6.24. The summed E-state index contributed by atoms with van der Waals surface area (Å²) in [4.78, 5) is 4.59. The Morgan fingerprint density at radius 1 is 1.10 bits per heavy atom. The van der Waals surface area contributed by atoms with E-state index in [-0.39, 0.29) is 6.04 Å². The van der Waals surface area contributed by atoms with Crippen LogP contribution in [-0.2, 0) is 0 Å². The Labute approximate surface area is 138 Å². The highest BCUT2D eigenvalue weighted by Crippen LogP contribution is 2.28. The summed E-state index contributed by atoms with van der Waals surface area (Å²) in [5.41, 5.74) is 4.84. The Hall–Kier alpha value is -1.46. The third kappa shape index (κ3) is 2.80. The van der Waals surface area contributed by atoms with E-state index < -0.39 is 0 Å². The van der Waals surface area contributed by atoms with Gasteiger partial charge in [-0.25, -0.2) is 0 Å². The van der Waals surface area contributed by atoms with Gasteiger partial charge in [-0.3, -0.25) is 4.98 Å². The first-order valence-corrected chi connectivity index (χ1v) is 8.05. The quantitative estimate of drug-likeness (QED) is 0.671. The first kappa shape index (κ1) is 14.5. The molecule has 3 rings (SSSR count). The first-order chi connectivity index (χ1) is 10.2. The number of nitrogens with one attached hydrogen (secondary N) is 1. The Morgan fingerprint density at radius 2 is 1.90 bits per heavy atom. The van der Waals surface area contributed by atoms with Crippen LogP contribution in [0.4, 0.5) is 0 Å². The highest BCUT2D eigenvalue weighted by molar-refractivity contribution is 14.1. The molecule has 0 saturated heterocycles. The van der Waals surface area contributed by atoms with E-state index in [9.17, 15) is 0 Å². The number of pyridine rings is 1. The molecule has 1 heterocycles. The highest BCUT2D eigenvalue weighted by atomic mass is 127. The molecule has 0 aliphatic heterocycles. The summed E-state index contributed by atoms with van der Waals surface area (Å²) in [6.07, 6.45) is 1.97. The van der Waals surface area contributed by atoms with E-state index in [4.69, 9.17) is 0 Å². The summed E-state index contributed by atoms with van der Waals surface area (Å²) in [7, 11) is 2.00. The molecule has 0 spiro atoms. The summed E-state index contributed by atoms with van der Waals surface area (Å²) in [6, 6.07) is 17.1. The van der Waals surface area contributed by atoms with E-state index in [1.807, 2.05) is 25.4 Å². The zero-order valence-electron chi connectivity index (χ0n) is 12.1. The summed E-state index contributed by atoms with van der Waals surface area (Å²) < 4.78 is 1.31. The van der Waals surface area contributed by atoms with Crippen LogP contribution in [0.5, 0.6) is 0 Å². The smallest absolute Gasteiger partial charge is 0.0702 e. The monoisotopic (exact) mass is 388 g/mol. The predicted octanol–water partition coefficient (Wildman–Crippen LogP) is 4.46. The van der Waals surface area contributed by atoms with Crippen LogP contribution in [0, 0.1) is 10.5 Å². The van der Waals surface area contributed by atoms with Crippen LogP contribution >= 0.6 is 22.6 Å². The van der Waals surface area contributed by atoms with Gasteiger partial charge in [0.25, 0.3) is 0 Å². The number of halogens is 1. The number of fused-ring (bicyclic) bond motifs is 1. The molecular weight excluding hydrogens is 371 g/mol. The lowest BCUT2D eigenvalue weighted by Gasteiger charge is -2.20. The number of benzene rings is 2. The van der Waals surface area contributed by atoms with E-state index in [0.717, 1.165) is 5.52 Å². The van der Waals surface area contributed by atoms with Crippen LogP contribution in [0.2, 0.25) is 0 Å². The Kier molecular flexibility index (Phi) is 4.22. The van der Waals surface area contributed by atoms with Crippen LogP contribution < -0.4 is 5.32 Å². The van der Waals surface area contributed by atoms with Crippen molar-refractivity contribution >= 4 is 33.5 Å². The summed E-state index contributed by atoms with van der Waals surface area (Å²) >= 11 is 2.43. The van der Waals surface area contributed by atoms with Gasteiger partial charge < -0.3 is 5.32 Å². The molecule has 1 N–H and O–H groups in total. The second-order valence-electron chi connectivity index (χ2n) is 5.16. The lowest BCUT2D eigenvalue weighted by molar-refractivity contribution is 0.686. The van der Waals surface area contributed by atoms with Crippen LogP contribution in [0.1, 0.15) is 22.7 Å². The summed E-state index contributed by atoms with van der Waals surface area (Å²) in [5, 5.41) is 4.60. The Morgan fingerprint density at radius 3 is 2.71 bits per heavy atom. The van der Waals surface area contributed by atoms with Crippen molar-refractivity contribution in [3.63, 3.8) is 0 Å². The lowest BCUT2D eigenvalue weighted by atomic mass is 9.97. The fraction of sp³-hybridized carbons (Fsp3) is 0.167. The molecule has 0 saturated carbocycles. The van der Waals surface area contributed by atoms with Crippen molar-refractivity contribution < 1.29 is 0 Å². The maximum atomic E-state index is 4.59. The van der Waals surface area contributed by atoms with Crippen molar-refractivity contribution in [3.05, 3.63) is 75.0 Å². The minimum atomic E-state index is 0.161. The summed E-state index contributed by atoms with van der Waals surface area (Å²) in [5.74, 6) is 0. The number of aromatic nitrogens is 1. The van der Waals surface area contributed by atoms with E-state index in [1.54, 1.807) is 0 Å². The lowest BCUT2D eigenvalue weighted by Crippen LogP contribution is -2.19. The first-order valence-electron chi connectivity index (χ1n) is 6.97. The van der Waals surface area contributed by atoms with Gasteiger partial charge in [-0.2, -0.15) is 0 Å². The number of rotatable bonds is 3. The van der Waals surface area contributed by atoms with Gasteiger partial charge in [0.05, 0.1) is 11.6 Å². The van der Waals surface area contributed by atoms with Crippen molar-refractivity contribution in [1.82, 2.24) is 10.3 Å². The molecule has 0 amide bonds. The molecule has 2 aromatic carbocycles. The van der Waals surface area contributed by atoms with E-state index in [2.05, 4.69) is 76.2 Å². The van der Waals surface area contributed by atoms with Crippen molar-refractivity contribution in [3.8, 4) is 0 Å². The number of hydrogen-bond donors (Lipinski definition) is 1. The van der Waals surface area contributed by atoms with E-state index in [0.29, 0.717) is 0 Å². The van der Waals surface area contributed by atoms with Crippen LogP contribution in [-0.4, -0.2) is 12.0 Å². The third-order valence-corrected chi connectivity index (χ3v) is 5.24. The maximum absolute atomic E-state index is 4.59. The molecule has 0 aliphatic rings. The average molecular weight is 388 g/mol. The van der Waals surface area contributed by atoms with Crippen LogP contribution in [0.15, 0.2) is 54.7 Å². The zero-order chi connectivity index (χ0) is 14.8. The minimum absolute atomic E-state index is 0.161. The molecule has 0 bridgehead atoms. The van der Waals surface area contributed by atoms with Gasteiger partial charge >= 0.3 is 0 Å². The predicted molar refractivity (Wildman–Crippen MR) is 96.5 cm³/mol. The van der Waals surface area contributed by atoms with Crippen molar-refractivity contribution in [2.45, 2.75) is 13.0 Å².